The van der Waals surface area contributed by atoms with Crippen LogP contribution in [0.5, 0.6) is 0 Å². The summed E-state index contributed by atoms with van der Waals surface area (Å²) >= 11 is 0. The fourth-order valence-electron chi connectivity index (χ4n) is 4.45. The maximum atomic E-state index is 3.52. The zero-order valence-corrected chi connectivity index (χ0v) is 12.1. The van der Waals surface area contributed by atoms with Crippen LogP contribution in [0, 0.1) is 11.3 Å². The van der Waals surface area contributed by atoms with Crippen LogP contribution in [0.3, 0.4) is 0 Å². The molecule has 1 saturated carbocycles. The van der Waals surface area contributed by atoms with E-state index in [0.29, 0.717) is 0 Å². The lowest BCUT2D eigenvalue weighted by Crippen LogP contribution is -2.38. The van der Waals surface area contributed by atoms with Gasteiger partial charge in [-0.2, -0.15) is 0 Å². The fourth-order valence-corrected chi connectivity index (χ4v) is 4.45. The van der Waals surface area contributed by atoms with E-state index in [9.17, 15) is 0 Å². The molecule has 1 N–H and O–H groups in total. The van der Waals surface area contributed by atoms with Crippen LogP contribution in [-0.2, 0) is 0 Å². The van der Waals surface area contributed by atoms with Crippen LogP contribution < -0.4 is 5.32 Å². The first-order valence-electron chi connectivity index (χ1n) is 8.29. The second-order valence-corrected chi connectivity index (χ2v) is 6.92. The van der Waals surface area contributed by atoms with Crippen molar-refractivity contribution in [2.75, 3.05) is 26.2 Å². The first-order valence-corrected chi connectivity index (χ1v) is 8.29. The first-order chi connectivity index (χ1) is 8.84. The molecule has 2 unspecified atom stereocenters. The molecular weight excluding hydrogens is 220 g/mol. The van der Waals surface area contributed by atoms with E-state index in [0.717, 1.165) is 17.4 Å². The van der Waals surface area contributed by atoms with Gasteiger partial charge in [0.05, 0.1) is 0 Å². The second kappa shape index (κ2) is 5.50. The Kier molecular flexibility index (Phi) is 3.95. The van der Waals surface area contributed by atoms with Gasteiger partial charge in [0.2, 0.25) is 0 Å². The van der Waals surface area contributed by atoms with Gasteiger partial charge in [0.25, 0.3) is 0 Å². The van der Waals surface area contributed by atoms with Crippen molar-refractivity contribution >= 4 is 0 Å². The highest BCUT2D eigenvalue weighted by molar-refractivity contribution is 5.05. The zero-order valence-electron chi connectivity index (χ0n) is 12.1. The minimum absolute atomic E-state index is 0.774. The van der Waals surface area contributed by atoms with Gasteiger partial charge in [-0.3, -0.25) is 0 Å². The maximum absolute atomic E-state index is 3.52. The Labute approximate surface area is 113 Å². The highest BCUT2D eigenvalue weighted by atomic mass is 15.2. The summed E-state index contributed by atoms with van der Waals surface area (Å²) in [5.41, 5.74) is 0.774. The number of nitrogens with zero attached hydrogens (tertiary/aromatic N) is 1. The molecule has 0 aromatic carbocycles. The molecule has 1 spiro atoms. The summed E-state index contributed by atoms with van der Waals surface area (Å²) in [5, 5.41) is 3.52. The number of hydrogen-bond donors (Lipinski definition) is 1. The predicted octanol–water partition coefficient (Wildman–Crippen LogP) is 3.03. The molecule has 18 heavy (non-hydrogen) atoms. The number of hydrogen-bond acceptors (Lipinski definition) is 2. The zero-order chi connectivity index (χ0) is 12.4. The quantitative estimate of drug-likeness (QED) is 0.828. The molecule has 2 atom stereocenters. The summed E-state index contributed by atoms with van der Waals surface area (Å²) in [4.78, 5) is 2.86. The molecule has 0 aromatic heterocycles. The first kappa shape index (κ1) is 12.9. The molecule has 0 aromatic rings. The van der Waals surface area contributed by atoms with E-state index in [2.05, 4.69) is 17.1 Å². The Balaban J connectivity index is 1.55. The van der Waals surface area contributed by atoms with Gasteiger partial charge in [-0.1, -0.05) is 19.8 Å². The molecule has 0 bridgehead atoms. The van der Waals surface area contributed by atoms with E-state index >= 15 is 0 Å². The smallest absolute Gasteiger partial charge is 0.00927 e. The molecule has 3 fully saturated rings. The van der Waals surface area contributed by atoms with Crippen LogP contribution in [0.25, 0.3) is 0 Å². The third-order valence-electron chi connectivity index (χ3n) is 5.88. The average molecular weight is 250 g/mol. The standard InChI is InChI=1S/C16H30N2/c1-2-15-6-4-3-5-11-18(15)13-14-12-16(14)7-9-17-10-8-16/h14-15,17H,2-13H2,1H3. The van der Waals surface area contributed by atoms with Crippen molar-refractivity contribution in [1.29, 1.82) is 0 Å². The monoisotopic (exact) mass is 250 g/mol. The molecule has 0 radical (unpaired) electrons. The SMILES string of the molecule is CCC1CCCCCN1CC1CC12CCNCC2. The molecule has 3 aliphatic rings. The van der Waals surface area contributed by atoms with E-state index in [1.807, 2.05) is 0 Å². The van der Waals surface area contributed by atoms with Gasteiger partial charge < -0.3 is 10.2 Å². The molecule has 2 saturated heterocycles. The van der Waals surface area contributed by atoms with Gasteiger partial charge in [-0.25, -0.2) is 0 Å². The minimum atomic E-state index is 0.774. The van der Waals surface area contributed by atoms with Gasteiger partial charge in [0.1, 0.15) is 0 Å². The Morgan fingerprint density at radius 3 is 2.78 bits per heavy atom. The van der Waals surface area contributed by atoms with Gasteiger partial charge in [0, 0.05) is 12.6 Å². The number of piperidine rings is 1. The van der Waals surface area contributed by atoms with E-state index < -0.39 is 0 Å². The lowest BCUT2D eigenvalue weighted by molar-refractivity contribution is 0.170. The van der Waals surface area contributed by atoms with Crippen LogP contribution >= 0.6 is 0 Å². The van der Waals surface area contributed by atoms with Gasteiger partial charge >= 0.3 is 0 Å². The summed E-state index contributed by atoms with van der Waals surface area (Å²) < 4.78 is 0. The molecule has 2 nitrogen and oxygen atoms in total. The lowest BCUT2D eigenvalue weighted by atomic mass is 9.91. The van der Waals surface area contributed by atoms with E-state index in [-0.39, 0.29) is 0 Å². The van der Waals surface area contributed by atoms with Crippen molar-refractivity contribution in [2.24, 2.45) is 11.3 Å². The van der Waals surface area contributed by atoms with Crippen LogP contribution in [0.1, 0.15) is 58.3 Å². The van der Waals surface area contributed by atoms with Crippen molar-refractivity contribution in [2.45, 2.75) is 64.3 Å². The van der Waals surface area contributed by atoms with Crippen molar-refractivity contribution in [3.05, 3.63) is 0 Å². The molecule has 2 heterocycles. The molecule has 2 aliphatic heterocycles. The largest absolute Gasteiger partial charge is 0.317 e. The third-order valence-corrected chi connectivity index (χ3v) is 5.88. The van der Waals surface area contributed by atoms with Gasteiger partial charge in [-0.15, -0.1) is 0 Å². The predicted molar refractivity (Wildman–Crippen MR) is 76.8 cm³/mol. The van der Waals surface area contributed by atoms with Crippen LogP contribution in [-0.4, -0.2) is 37.1 Å². The number of rotatable bonds is 3. The van der Waals surface area contributed by atoms with Crippen molar-refractivity contribution in [3.8, 4) is 0 Å². The van der Waals surface area contributed by atoms with E-state index in [1.54, 1.807) is 0 Å². The van der Waals surface area contributed by atoms with Gasteiger partial charge in [-0.05, 0) is 69.5 Å². The fraction of sp³-hybridized carbons (Fsp3) is 1.00. The van der Waals surface area contributed by atoms with Crippen LogP contribution in [0.4, 0.5) is 0 Å². The van der Waals surface area contributed by atoms with E-state index in [1.165, 1.54) is 77.5 Å². The Hall–Kier alpha value is -0.0800. The molecule has 0 amide bonds. The molecular formula is C16H30N2. The molecule has 3 rings (SSSR count). The van der Waals surface area contributed by atoms with Crippen LogP contribution in [0.15, 0.2) is 0 Å². The maximum Gasteiger partial charge on any atom is 0.00927 e. The highest BCUT2D eigenvalue weighted by Gasteiger charge is 2.54. The minimum Gasteiger partial charge on any atom is -0.317 e. The summed E-state index contributed by atoms with van der Waals surface area (Å²) in [7, 11) is 0. The molecule has 1 aliphatic carbocycles. The second-order valence-electron chi connectivity index (χ2n) is 6.92. The highest BCUT2D eigenvalue weighted by Crippen LogP contribution is 2.58. The molecule has 2 heteroatoms. The van der Waals surface area contributed by atoms with Crippen molar-refractivity contribution < 1.29 is 0 Å². The Morgan fingerprint density at radius 2 is 2.00 bits per heavy atom. The number of likely N-dealkylation sites (tertiary alicyclic amines) is 1. The summed E-state index contributed by atoms with van der Waals surface area (Å²) in [6.07, 6.45) is 11.6. The summed E-state index contributed by atoms with van der Waals surface area (Å²) in [6.45, 7) is 7.72. The lowest BCUT2D eigenvalue weighted by Gasteiger charge is -2.31. The van der Waals surface area contributed by atoms with Crippen LogP contribution in [0.2, 0.25) is 0 Å². The topological polar surface area (TPSA) is 15.3 Å². The third kappa shape index (κ3) is 2.60. The summed E-state index contributed by atoms with van der Waals surface area (Å²) in [5.74, 6) is 1.03. The normalized spacial score (nSPS) is 36.5. The Morgan fingerprint density at radius 1 is 1.17 bits per heavy atom. The molecule has 104 valence electrons. The number of nitrogens with one attached hydrogen (secondary N) is 1. The Bertz CT molecular complexity index is 270. The van der Waals surface area contributed by atoms with Crippen molar-refractivity contribution in [1.82, 2.24) is 10.2 Å². The van der Waals surface area contributed by atoms with Gasteiger partial charge in [0.15, 0.2) is 0 Å². The summed E-state index contributed by atoms with van der Waals surface area (Å²) in [6, 6.07) is 0.895. The van der Waals surface area contributed by atoms with Crippen molar-refractivity contribution in [3.63, 3.8) is 0 Å². The van der Waals surface area contributed by atoms with E-state index in [4.69, 9.17) is 0 Å². The average Bonchev–Trinajstić information content (AvgIpc) is 3.11.